The van der Waals surface area contributed by atoms with Crippen LogP contribution < -0.4 is 0 Å². The summed E-state index contributed by atoms with van der Waals surface area (Å²) in [6, 6.07) is 0. The fourth-order valence-electron chi connectivity index (χ4n) is 1.19. The highest BCUT2D eigenvalue weighted by Gasteiger charge is 2.13. The van der Waals surface area contributed by atoms with Crippen molar-refractivity contribution in [3.63, 3.8) is 0 Å². The quantitative estimate of drug-likeness (QED) is 0.654. The molecule has 0 amide bonds. The maximum Gasteiger partial charge on any atom is 0.122 e. The summed E-state index contributed by atoms with van der Waals surface area (Å²) >= 11 is 0. The third kappa shape index (κ3) is 4.10. The minimum atomic E-state index is -0.827. The van der Waals surface area contributed by atoms with Crippen molar-refractivity contribution in [3.05, 3.63) is 0 Å². The fraction of sp³-hybridized carbons (Fsp3) is 0.818. The van der Waals surface area contributed by atoms with Gasteiger partial charge in [-0.2, -0.15) is 0 Å². The van der Waals surface area contributed by atoms with E-state index >= 15 is 0 Å². The van der Waals surface area contributed by atoms with Crippen LogP contribution in [0.3, 0.4) is 0 Å². The summed E-state index contributed by atoms with van der Waals surface area (Å²) in [6.45, 7) is 7.91. The van der Waals surface area contributed by atoms with Crippen LogP contribution in [0.25, 0.3) is 0 Å². The number of morpholine rings is 1. The summed E-state index contributed by atoms with van der Waals surface area (Å²) in [4.78, 5) is 2.24. The lowest BCUT2D eigenvalue weighted by Crippen LogP contribution is -2.36. The molecule has 1 atom stereocenters. The second-order valence-corrected chi connectivity index (χ2v) is 3.82. The third-order valence-corrected chi connectivity index (χ3v) is 2.45. The number of rotatable bonds is 2. The van der Waals surface area contributed by atoms with Crippen LogP contribution in [0.5, 0.6) is 0 Å². The number of hydrogen-bond acceptors (Lipinski definition) is 3. The van der Waals surface area contributed by atoms with E-state index in [-0.39, 0.29) is 0 Å². The van der Waals surface area contributed by atoms with E-state index in [2.05, 4.69) is 16.7 Å². The first-order chi connectivity index (χ1) is 6.64. The van der Waals surface area contributed by atoms with Crippen LogP contribution in [-0.4, -0.2) is 48.5 Å². The molecule has 0 unspecified atom stereocenters. The molecule has 0 aromatic heterocycles. The van der Waals surface area contributed by atoms with E-state index in [1.165, 1.54) is 0 Å². The van der Waals surface area contributed by atoms with Crippen molar-refractivity contribution in [1.29, 1.82) is 0 Å². The molecule has 1 N–H and O–H groups in total. The van der Waals surface area contributed by atoms with Crippen molar-refractivity contribution >= 4 is 0 Å². The first-order valence-electron chi connectivity index (χ1n) is 5.16. The van der Waals surface area contributed by atoms with E-state index in [1.54, 1.807) is 6.92 Å². The first-order valence-corrected chi connectivity index (χ1v) is 5.16. The normalized spacial score (nSPS) is 22.2. The molecule has 1 rings (SSSR count). The van der Waals surface area contributed by atoms with Crippen molar-refractivity contribution in [2.45, 2.75) is 25.9 Å². The van der Waals surface area contributed by atoms with Crippen LogP contribution >= 0.6 is 0 Å². The van der Waals surface area contributed by atoms with Crippen LogP contribution in [0.15, 0.2) is 0 Å². The van der Waals surface area contributed by atoms with Gasteiger partial charge in [0, 0.05) is 13.1 Å². The van der Waals surface area contributed by atoms with E-state index in [4.69, 9.17) is 4.74 Å². The van der Waals surface area contributed by atoms with Gasteiger partial charge in [0.1, 0.15) is 5.60 Å². The average molecular weight is 197 g/mol. The van der Waals surface area contributed by atoms with Crippen LogP contribution in [0.4, 0.5) is 0 Å². The Morgan fingerprint density at radius 1 is 1.43 bits per heavy atom. The Hall–Kier alpha value is -0.560. The van der Waals surface area contributed by atoms with Crippen molar-refractivity contribution < 1.29 is 9.84 Å². The van der Waals surface area contributed by atoms with Gasteiger partial charge in [-0.25, -0.2) is 0 Å². The molecule has 0 aromatic carbocycles. The summed E-state index contributed by atoms with van der Waals surface area (Å²) in [6.07, 6.45) is 0.670. The molecule has 0 saturated carbocycles. The van der Waals surface area contributed by atoms with Crippen LogP contribution in [0, 0.1) is 11.8 Å². The summed E-state index contributed by atoms with van der Waals surface area (Å²) < 4.78 is 5.23. The number of aliphatic hydroxyl groups is 1. The molecule has 1 aliphatic heterocycles. The lowest BCUT2D eigenvalue weighted by molar-refractivity contribution is 0.0442. The second kappa shape index (κ2) is 5.35. The van der Waals surface area contributed by atoms with Crippen LogP contribution in [-0.2, 0) is 4.74 Å². The zero-order valence-corrected chi connectivity index (χ0v) is 9.05. The summed E-state index contributed by atoms with van der Waals surface area (Å²) in [7, 11) is 0. The van der Waals surface area contributed by atoms with Gasteiger partial charge in [0.25, 0.3) is 0 Å². The minimum Gasteiger partial charge on any atom is -0.379 e. The smallest absolute Gasteiger partial charge is 0.122 e. The van der Waals surface area contributed by atoms with Gasteiger partial charge in [0.2, 0.25) is 0 Å². The van der Waals surface area contributed by atoms with Gasteiger partial charge in [-0.15, -0.1) is 0 Å². The summed E-state index contributed by atoms with van der Waals surface area (Å²) in [5, 5.41) is 9.64. The molecule has 1 heterocycles. The molecule has 1 saturated heterocycles. The van der Waals surface area contributed by atoms with Crippen molar-refractivity contribution in [2.24, 2.45) is 0 Å². The van der Waals surface area contributed by atoms with E-state index < -0.39 is 5.60 Å². The maximum atomic E-state index is 9.64. The predicted molar refractivity (Wildman–Crippen MR) is 55.9 cm³/mol. The number of hydrogen-bond donors (Lipinski definition) is 1. The fourth-order valence-corrected chi connectivity index (χ4v) is 1.19. The van der Waals surface area contributed by atoms with E-state index in [0.29, 0.717) is 6.42 Å². The van der Waals surface area contributed by atoms with Gasteiger partial charge >= 0.3 is 0 Å². The largest absolute Gasteiger partial charge is 0.379 e. The summed E-state index contributed by atoms with van der Waals surface area (Å²) in [5.41, 5.74) is -0.827. The SMILES string of the molecule is CC[C@](C)(O)C#CCN1CCOCC1. The van der Waals surface area contributed by atoms with Crippen LogP contribution in [0.2, 0.25) is 0 Å². The molecule has 80 valence electrons. The number of nitrogens with zero attached hydrogens (tertiary/aromatic N) is 1. The Morgan fingerprint density at radius 2 is 2.07 bits per heavy atom. The molecular formula is C11H19NO2. The monoisotopic (exact) mass is 197 g/mol. The Kier molecular flexibility index (Phi) is 4.40. The molecular weight excluding hydrogens is 178 g/mol. The molecule has 0 spiro atoms. The predicted octanol–water partition coefficient (Wildman–Crippen LogP) is 0.483. The molecule has 0 bridgehead atoms. The second-order valence-electron chi connectivity index (χ2n) is 3.82. The van der Waals surface area contributed by atoms with Crippen molar-refractivity contribution in [2.75, 3.05) is 32.8 Å². The first kappa shape index (κ1) is 11.5. The minimum absolute atomic E-state index is 0.670. The standard InChI is InChI=1S/C11H19NO2/c1-3-11(2,13)5-4-6-12-7-9-14-10-8-12/h13H,3,6-10H2,1-2H3/t11-/m0/s1. The Balaban J connectivity index is 2.30. The third-order valence-electron chi connectivity index (χ3n) is 2.45. The van der Waals surface area contributed by atoms with Gasteiger partial charge in [-0.3, -0.25) is 4.90 Å². The highest BCUT2D eigenvalue weighted by molar-refractivity contribution is 5.12. The molecule has 0 aliphatic carbocycles. The van der Waals surface area contributed by atoms with Gasteiger partial charge < -0.3 is 9.84 Å². The molecule has 0 radical (unpaired) electrons. The zero-order chi connectivity index (χ0) is 10.4. The van der Waals surface area contributed by atoms with Crippen LogP contribution in [0.1, 0.15) is 20.3 Å². The van der Waals surface area contributed by atoms with E-state index in [9.17, 15) is 5.11 Å². The lowest BCUT2D eigenvalue weighted by Gasteiger charge is -2.24. The number of ether oxygens (including phenoxy) is 1. The van der Waals surface area contributed by atoms with Gasteiger partial charge in [0.15, 0.2) is 0 Å². The van der Waals surface area contributed by atoms with Gasteiger partial charge in [-0.1, -0.05) is 18.8 Å². The molecule has 3 nitrogen and oxygen atoms in total. The lowest BCUT2D eigenvalue weighted by atomic mass is 10.1. The molecule has 1 aliphatic rings. The molecule has 0 aromatic rings. The highest BCUT2D eigenvalue weighted by atomic mass is 16.5. The Bertz CT molecular complexity index is 221. The zero-order valence-electron chi connectivity index (χ0n) is 9.05. The molecule has 14 heavy (non-hydrogen) atoms. The van der Waals surface area contributed by atoms with Crippen molar-refractivity contribution in [1.82, 2.24) is 4.90 Å². The maximum absolute atomic E-state index is 9.64. The van der Waals surface area contributed by atoms with E-state index in [1.807, 2.05) is 6.92 Å². The summed E-state index contributed by atoms with van der Waals surface area (Å²) in [5.74, 6) is 5.90. The van der Waals surface area contributed by atoms with Gasteiger partial charge in [0.05, 0.1) is 19.8 Å². The highest BCUT2D eigenvalue weighted by Crippen LogP contribution is 2.05. The average Bonchev–Trinajstić information content (AvgIpc) is 2.19. The Morgan fingerprint density at radius 3 is 2.64 bits per heavy atom. The Labute approximate surface area is 86.0 Å². The molecule has 1 fully saturated rings. The van der Waals surface area contributed by atoms with Gasteiger partial charge in [-0.05, 0) is 13.3 Å². The van der Waals surface area contributed by atoms with E-state index in [0.717, 1.165) is 32.8 Å². The van der Waals surface area contributed by atoms with Crippen molar-refractivity contribution in [3.8, 4) is 11.8 Å². The molecule has 3 heteroatoms. The topological polar surface area (TPSA) is 32.7 Å².